The highest BCUT2D eigenvalue weighted by atomic mass is 35.5. The second-order valence-electron chi connectivity index (χ2n) is 5.01. The highest BCUT2D eigenvalue weighted by molar-refractivity contribution is 6.33. The van der Waals surface area contributed by atoms with Gasteiger partial charge in [-0.05, 0) is 29.8 Å². The van der Waals surface area contributed by atoms with Gasteiger partial charge in [-0.25, -0.2) is 0 Å². The molecule has 112 valence electrons. The molecule has 0 aliphatic heterocycles. The van der Waals surface area contributed by atoms with Crippen molar-refractivity contribution in [3.63, 3.8) is 0 Å². The van der Waals surface area contributed by atoms with Crippen LogP contribution in [-0.2, 0) is 0 Å². The van der Waals surface area contributed by atoms with Crippen molar-refractivity contribution in [2.45, 2.75) is 0 Å². The van der Waals surface area contributed by atoms with Gasteiger partial charge in [-0.15, -0.1) is 0 Å². The Kier molecular flexibility index (Phi) is 3.88. The van der Waals surface area contributed by atoms with E-state index in [1.165, 1.54) is 0 Å². The summed E-state index contributed by atoms with van der Waals surface area (Å²) in [6.07, 6.45) is 0. The number of nitrogen functional groups attached to an aromatic ring is 1. The molecule has 3 aromatic rings. The number of nitriles is 1. The Bertz CT molecular complexity index is 969. The van der Waals surface area contributed by atoms with Crippen molar-refractivity contribution in [1.82, 2.24) is 4.98 Å². The molecule has 23 heavy (non-hydrogen) atoms. The molecule has 1 aromatic heterocycles. The lowest BCUT2D eigenvalue weighted by molar-refractivity contribution is 1.22. The van der Waals surface area contributed by atoms with Crippen LogP contribution in [0.4, 0.5) is 5.69 Å². The maximum Gasteiger partial charge on any atom is 0.266 e. The molecule has 0 fully saturated rings. The summed E-state index contributed by atoms with van der Waals surface area (Å²) in [5.74, 6) is 0. The molecule has 0 radical (unpaired) electrons. The van der Waals surface area contributed by atoms with Gasteiger partial charge in [0, 0.05) is 27.5 Å². The number of hydrogen-bond donors (Lipinski definition) is 2. The van der Waals surface area contributed by atoms with Crippen molar-refractivity contribution < 1.29 is 0 Å². The number of nitrogens with zero attached hydrogens (tertiary/aromatic N) is 1. The number of aromatic amines is 1. The van der Waals surface area contributed by atoms with Crippen LogP contribution in [-0.4, -0.2) is 4.98 Å². The third-order valence-corrected chi connectivity index (χ3v) is 3.86. The Labute approximate surface area is 137 Å². The number of nitrogens with one attached hydrogen (secondary N) is 1. The molecule has 2 aromatic carbocycles. The zero-order valence-corrected chi connectivity index (χ0v) is 12.8. The fourth-order valence-corrected chi connectivity index (χ4v) is 2.62. The molecule has 0 unspecified atom stereocenters. The molecule has 0 bridgehead atoms. The standard InChI is InChI=1S/C18H12ClN3O/c19-16-4-2-1-3-13(16)14-9-17(22-18(23)15(14)10-20)11-5-7-12(21)8-6-11/h1-9H,21H2,(H,22,23). The molecule has 0 aliphatic rings. The summed E-state index contributed by atoms with van der Waals surface area (Å²) in [5.41, 5.74) is 8.47. The summed E-state index contributed by atoms with van der Waals surface area (Å²) >= 11 is 6.22. The maximum absolute atomic E-state index is 12.3. The van der Waals surface area contributed by atoms with Gasteiger partial charge in [0.05, 0.1) is 0 Å². The van der Waals surface area contributed by atoms with Crippen LogP contribution < -0.4 is 11.3 Å². The fourth-order valence-electron chi connectivity index (χ4n) is 2.38. The normalized spacial score (nSPS) is 10.3. The zero-order valence-electron chi connectivity index (χ0n) is 12.0. The lowest BCUT2D eigenvalue weighted by Crippen LogP contribution is -2.12. The van der Waals surface area contributed by atoms with Crippen molar-refractivity contribution in [2.24, 2.45) is 0 Å². The van der Waals surface area contributed by atoms with E-state index in [2.05, 4.69) is 4.98 Å². The highest BCUT2D eigenvalue weighted by Gasteiger charge is 2.14. The number of rotatable bonds is 2. The third-order valence-electron chi connectivity index (χ3n) is 3.53. The summed E-state index contributed by atoms with van der Waals surface area (Å²) in [6, 6.07) is 17.9. The number of H-pyrrole nitrogens is 1. The predicted molar refractivity (Wildman–Crippen MR) is 92.1 cm³/mol. The van der Waals surface area contributed by atoms with E-state index in [-0.39, 0.29) is 5.56 Å². The van der Waals surface area contributed by atoms with Crippen LogP contribution >= 0.6 is 11.6 Å². The van der Waals surface area contributed by atoms with Gasteiger partial charge in [0.2, 0.25) is 0 Å². The number of aromatic nitrogens is 1. The lowest BCUT2D eigenvalue weighted by Gasteiger charge is -2.09. The van der Waals surface area contributed by atoms with E-state index in [1.807, 2.05) is 24.3 Å². The number of halogens is 1. The molecule has 1 heterocycles. The van der Waals surface area contributed by atoms with Crippen molar-refractivity contribution in [3.8, 4) is 28.5 Å². The zero-order chi connectivity index (χ0) is 16.4. The van der Waals surface area contributed by atoms with E-state index in [4.69, 9.17) is 17.3 Å². The first-order chi connectivity index (χ1) is 11.1. The average molecular weight is 322 g/mol. The molecule has 5 heteroatoms. The first-order valence-electron chi connectivity index (χ1n) is 6.88. The minimum absolute atomic E-state index is 0.0392. The third kappa shape index (κ3) is 2.83. The molecule has 0 atom stereocenters. The summed E-state index contributed by atoms with van der Waals surface area (Å²) in [6.45, 7) is 0. The topological polar surface area (TPSA) is 82.7 Å². The fraction of sp³-hybridized carbons (Fsp3) is 0. The lowest BCUT2D eigenvalue weighted by atomic mass is 9.99. The summed E-state index contributed by atoms with van der Waals surface area (Å²) in [5, 5.41) is 9.80. The number of hydrogen-bond acceptors (Lipinski definition) is 3. The highest BCUT2D eigenvalue weighted by Crippen LogP contribution is 2.31. The van der Waals surface area contributed by atoms with E-state index >= 15 is 0 Å². The molecule has 0 aliphatic carbocycles. The van der Waals surface area contributed by atoms with E-state index in [9.17, 15) is 10.1 Å². The van der Waals surface area contributed by atoms with Crippen LogP contribution in [0.25, 0.3) is 22.4 Å². The van der Waals surface area contributed by atoms with E-state index < -0.39 is 5.56 Å². The number of anilines is 1. The van der Waals surface area contributed by atoms with Crippen molar-refractivity contribution in [3.05, 3.63) is 75.5 Å². The van der Waals surface area contributed by atoms with E-state index in [0.717, 1.165) is 5.56 Å². The van der Waals surface area contributed by atoms with Crippen molar-refractivity contribution >= 4 is 17.3 Å². The van der Waals surface area contributed by atoms with Crippen molar-refractivity contribution in [1.29, 1.82) is 5.26 Å². The second-order valence-corrected chi connectivity index (χ2v) is 5.42. The monoisotopic (exact) mass is 321 g/mol. The SMILES string of the molecule is N#Cc1c(-c2ccccc2Cl)cc(-c2ccc(N)cc2)[nH]c1=O. The minimum atomic E-state index is -0.447. The van der Waals surface area contributed by atoms with E-state index in [0.29, 0.717) is 27.5 Å². The van der Waals surface area contributed by atoms with Crippen LogP contribution in [0.15, 0.2) is 59.4 Å². The predicted octanol–water partition coefficient (Wildman–Crippen LogP) is 3.82. The Balaban J connectivity index is 2.27. The smallest absolute Gasteiger partial charge is 0.266 e. The summed E-state index contributed by atoms with van der Waals surface area (Å²) in [4.78, 5) is 15.0. The Morgan fingerprint density at radius 2 is 1.74 bits per heavy atom. The molecule has 0 saturated heterocycles. The molecule has 4 nitrogen and oxygen atoms in total. The molecular formula is C18H12ClN3O. The molecular weight excluding hydrogens is 310 g/mol. The van der Waals surface area contributed by atoms with Gasteiger partial charge < -0.3 is 10.7 Å². The minimum Gasteiger partial charge on any atom is -0.399 e. The van der Waals surface area contributed by atoms with Gasteiger partial charge >= 0.3 is 0 Å². The molecule has 0 amide bonds. The Morgan fingerprint density at radius 1 is 1.04 bits per heavy atom. The maximum atomic E-state index is 12.3. The number of pyridine rings is 1. The van der Waals surface area contributed by atoms with Gasteiger partial charge in [0.1, 0.15) is 11.6 Å². The van der Waals surface area contributed by atoms with Gasteiger partial charge in [0.15, 0.2) is 0 Å². The Morgan fingerprint density at radius 3 is 2.39 bits per heavy atom. The van der Waals surface area contributed by atoms with Crippen LogP contribution in [0.5, 0.6) is 0 Å². The summed E-state index contributed by atoms with van der Waals surface area (Å²) in [7, 11) is 0. The molecule has 3 rings (SSSR count). The molecule has 0 spiro atoms. The van der Waals surface area contributed by atoms with Crippen LogP contribution in [0.2, 0.25) is 5.02 Å². The van der Waals surface area contributed by atoms with Gasteiger partial charge in [-0.3, -0.25) is 4.79 Å². The Hall–Kier alpha value is -3.03. The molecule has 0 saturated carbocycles. The van der Waals surface area contributed by atoms with Crippen LogP contribution in [0.3, 0.4) is 0 Å². The van der Waals surface area contributed by atoms with Crippen LogP contribution in [0.1, 0.15) is 5.56 Å². The van der Waals surface area contributed by atoms with Crippen molar-refractivity contribution in [2.75, 3.05) is 5.73 Å². The van der Waals surface area contributed by atoms with Gasteiger partial charge in [-0.2, -0.15) is 5.26 Å². The first kappa shape index (κ1) is 14.9. The largest absolute Gasteiger partial charge is 0.399 e. The van der Waals surface area contributed by atoms with Crippen LogP contribution in [0, 0.1) is 11.3 Å². The number of nitrogens with two attached hydrogens (primary N) is 1. The molecule has 3 N–H and O–H groups in total. The first-order valence-corrected chi connectivity index (χ1v) is 7.26. The van der Waals surface area contributed by atoms with E-state index in [1.54, 1.807) is 36.4 Å². The number of benzene rings is 2. The van der Waals surface area contributed by atoms with Gasteiger partial charge in [-0.1, -0.05) is 41.9 Å². The second kappa shape index (κ2) is 5.99. The quantitative estimate of drug-likeness (QED) is 0.704. The summed E-state index contributed by atoms with van der Waals surface area (Å²) < 4.78 is 0. The van der Waals surface area contributed by atoms with Gasteiger partial charge in [0.25, 0.3) is 5.56 Å². The average Bonchev–Trinajstić information content (AvgIpc) is 2.55.